The topological polar surface area (TPSA) is 44.1 Å². The number of nitrogens with zero attached hydrogens (tertiary/aromatic N) is 2. The highest BCUT2D eigenvalue weighted by atomic mass is 79.9. The van der Waals surface area contributed by atoms with Crippen molar-refractivity contribution in [3.8, 4) is 0 Å². The molecule has 0 bridgehead atoms. The van der Waals surface area contributed by atoms with Crippen molar-refractivity contribution < 1.29 is 9.53 Å². The highest BCUT2D eigenvalue weighted by molar-refractivity contribution is 9.10. The van der Waals surface area contributed by atoms with Gasteiger partial charge in [-0.1, -0.05) is 13.3 Å². The van der Waals surface area contributed by atoms with Crippen molar-refractivity contribution in [2.75, 3.05) is 7.11 Å². The normalized spacial score (nSPS) is 10.3. The lowest BCUT2D eigenvalue weighted by Crippen LogP contribution is -2.03. The molecule has 0 saturated heterocycles. The van der Waals surface area contributed by atoms with Crippen LogP contribution in [0.25, 0.3) is 0 Å². The van der Waals surface area contributed by atoms with Crippen molar-refractivity contribution in [2.24, 2.45) is 7.05 Å². The largest absolute Gasteiger partial charge is 0.464 e. The SMILES string of the molecule is CCCc1c(Br)c(C(=O)OC)nn1C. The molecule has 14 heavy (non-hydrogen) atoms. The number of aromatic nitrogens is 2. The van der Waals surface area contributed by atoms with Crippen LogP contribution in [0.15, 0.2) is 4.47 Å². The molecule has 1 aromatic rings. The van der Waals surface area contributed by atoms with Crippen molar-refractivity contribution in [3.63, 3.8) is 0 Å². The van der Waals surface area contributed by atoms with E-state index >= 15 is 0 Å². The summed E-state index contributed by atoms with van der Waals surface area (Å²) in [7, 11) is 3.17. The lowest BCUT2D eigenvalue weighted by molar-refractivity contribution is 0.0592. The van der Waals surface area contributed by atoms with Crippen molar-refractivity contribution in [1.82, 2.24) is 9.78 Å². The summed E-state index contributed by atoms with van der Waals surface area (Å²) in [4.78, 5) is 11.3. The number of hydrogen-bond donors (Lipinski definition) is 0. The summed E-state index contributed by atoms with van der Waals surface area (Å²) in [5, 5.41) is 4.09. The van der Waals surface area contributed by atoms with Crippen LogP contribution in [0.2, 0.25) is 0 Å². The van der Waals surface area contributed by atoms with Crippen LogP contribution in [0.4, 0.5) is 0 Å². The maximum atomic E-state index is 11.3. The van der Waals surface area contributed by atoms with Gasteiger partial charge in [-0.2, -0.15) is 5.10 Å². The number of methoxy groups -OCH3 is 1. The van der Waals surface area contributed by atoms with Crippen molar-refractivity contribution in [1.29, 1.82) is 0 Å². The number of aryl methyl sites for hydroxylation is 1. The zero-order valence-electron chi connectivity index (χ0n) is 8.50. The molecular weight excluding hydrogens is 248 g/mol. The zero-order chi connectivity index (χ0) is 10.7. The van der Waals surface area contributed by atoms with Gasteiger partial charge in [0.15, 0.2) is 5.69 Å². The molecule has 0 radical (unpaired) electrons. The number of rotatable bonds is 3. The standard InChI is InChI=1S/C9H13BrN2O2/c1-4-5-6-7(10)8(9(13)14-3)11-12(6)2/h4-5H2,1-3H3. The maximum absolute atomic E-state index is 11.3. The number of halogens is 1. The molecule has 4 nitrogen and oxygen atoms in total. The molecule has 0 atom stereocenters. The summed E-state index contributed by atoms with van der Waals surface area (Å²) in [5.74, 6) is -0.408. The quantitative estimate of drug-likeness (QED) is 0.781. The van der Waals surface area contributed by atoms with Gasteiger partial charge in [-0.25, -0.2) is 4.79 Å². The third-order valence-electron chi connectivity index (χ3n) is 1.97. The van der Waals surface area contributed by atoms with Crippen LogP contribution in [-0.2, 0) is 18.2 Å². The van der Waals surface area contributed by atoms with Crippen molar-refractivity contribution >= 4 is 21.9 Å². The fraction of sp³-hybridized carbons (Fsp3) is 0.556. The first-order valence-electron chi connectivity index (χ1n) is 4.41. The Morgan fingerprint density at radius 2 is 2.29 bits per heavy atom. The molecule has 0 amide bonds. The average molecular weight is 261 g/mol. The Morgan fingerprint density at radius 3 is 2.79 bits per heavy atom. The number of hydrogen-bond acceptors (Lipinski definition) is 3. The van der Waals surface area contributed by atoms with Gasteiger partial charge in [0.1, 0.15) is 0 Å². The number of carbonyl (C=O) groups is 1. The summed E-state index contributed by atoms with van der Waals surface area (Å²) in [5.41, 5.74) is 1.37. The van der Waals surface area contributed by atoms with Gasteiger partial charge in [0.05, 0.1) is 17.3 Å². The molecule has 1 heterocycles. The Morgan fingerprint density at radius 1 is 1.64 bits per heavy atom. The van der Waals surface area contributed by atoms with Gasteiger partial charge in [-0.15, -0.1) is 0 Å². The van der Waals surface area contributed by atoms with E-state index in [2.05, 4.69) is 32.7 Å². The molecule has 1 aromatic heterocycles. The van der Waals surface area contributed by atoms with Gasteiger partial charge in [0.25, 0.3) is 0 Å². The minimum atomic E-state index is -0.408. The predicted octanol–water partition coefficient (Wildman–Crippen LogP) is 1.92. The molecule has 78 valence electrons. The summed E-state index contributed by atoms with van der Waals surface area (Å²) < 4.78 is 7.07. The fourth-order valence-electron chi connectivity index (χ4n) is 1.27. The second-order valence-corrected chi connectivity index (χ2v) is 3.77. The lowest BCUT2D eigenvalue weighted by atomic mass is 10.2. The van der Waals surface area contributed by atoms with Crippen LogP contribution in [0.5, 0.6) is 0 Å². The third-order valence-corrected chi connectivity index (χ3v) is 2.80. The Hall–Kier alpha value is -0.840. The molecule has 0 aliphatic carbocycles. The molecule has 0 aliphatic rings. The van der Waals surface area contributed by atoms with Crippen molar-refractivity contribution in [3.05, 3.63) is 15.9 Å². The number of carbonyl (C=O) groups excluding carboxylic acids is 1. The molecule has 0 aromatic carbocycles. The molecule has 0 aliphatic heterocycles. The highest BCUT2D eigenvalue weighted by Gasteiger charge is 2.19. The van der Waals surface area contributed by atoms with E-state index < -0.39 is 5.97 Å². The van der Waals surface area contributed by atoms with Crippen molar-refractivity contribution in [2.45, 2.75) is 19.8 Å². The van der Waals surface area contributed by atoms with Gasteiger partial charge in [-0.05, 0) is 22.4 Å². The Balaban J connectivity index is 3.10. The van der Waals surface area contributed by atoms with Crippen LogP contribution in [-0.4, -0.2) is 22.9 Å². The molecule has 0 unspecified atom stereocenters. The van der Waals surface area contributed by atoms with E-state index in [0.717, 1.165) is 23.0 Å². The van der Waals surface area contributed by atoms with Gasteiger partial charge in [-0.3, -0.25) is 4.68 Å². The smallest absolute Gasteiger partial charge is 0.359 e. The lowest BCUT2D eigenvalue weighted by Gasteiger charge is -1.98. The molecule has 1 rings (SSSR count). The van der Waals surface area contributed by atoms with Gasteiger partial charge in [0.2, 0.25) is 0 Å². The Bertz CT molecular complexity index is 347. The van der Waals surface area contributed by atoms with E-state index in [1.165, 1.54) is 7.11 Å². The van der Waals surface area contributed by atoms with E-state index in [4.69, 9.17) is 0 Å². The molecule has 0 spiro atoms. The van der Waals surface area contributed by atoms with Crippen LogP contribution < -0.4 is 0 Å². The fourth-order valence-corrected chi connectivity index (χ4v) is 1.96. The molecule has 0 N–H and O–H groups in total. The third kappa shape index (κ3) is 1.97. The van der Waals surface area contributed by atoms with E-state index in [1.54, 1.807) is 4.68 Å². The van der Waals surface area contributed by atoms with E-state index in [-0.39, 0.29) is 0 Å². The predicted molar refractivity (Wildman–Crippen MR) is 56.2 cm³/mol. The van der Waals surface area contributed by atoms with E-state index in [0.29, 0.717) is 5.69 Å². The van der Waals surface area contributed by atoms with Gasteiger partial charge < -0.3 is 4.74 Å². The minimum Gasteiger partial charge on any atom is -0.464 e. The summed E-state index contributed by atoms with van der Waals surface area (Å²) in [6, 6.07) is 0. The van der Waals surface area contributed by atoms with Gasteiger partial charge >= 0.3 is 5.97 Å². The monoisotopic (exact) mass is 260 g/mol. The number of ether oxygens (including phenoxy) is 1. The summed E-state index contributed by atoms with van der Waals surface area (Å²) in [6.45, 7) is 2.08. The van der Waals surface area contributed by atoms with Crippen LogP contribution in [0, 0.1) is 0 Å². The second-order valence-electron chi connectivity index (χ2n) is 2.97. The highest BCUT2D eigenvalue weighted by Crippen LogP contribution is 2.22. The van der Waals surface area contributed by atoms with Gasteiger partial charge in [0, 0.05) is 7.05 Å². The average Bonchev–Trinajstić information content (AvgIpc) is 2.45. The first kappa shape index (κ1) is 11.2. The minimum absolute atomic E-state index is 0.346. The Labute approximate surface area is 91.4 Å². The zero-order valence-corrected chi connectivity index (χ0v) is 10.1. The van der Waals surface area contributed by atoms with E-state index in [9.17, 15) is 4.79 Å². The molecule has 0 saturated carbocycles. The van der Waals surface area contributed by atoms with Crippen LogP contribution in [0.3, 0.4) is 0 Å². The molecular formula is C9H13BrN2O2. The summed E-state index contributed by atoms with van der Waals surface area (Å²) >= 11 is 3.36. The first-order valence-corrected chi connectivity index (χ1v) is 5.20. The van der Waals surface area contributed by atoms with Crippen LogP contribution in [0.1, 0.15) is 29.5 Å². The maximum Gasteiger partial charge on any atom is 0.359 e. The Kier molecular flexibility index (Phi) is 3.69. The van der Waals surface area contributed by atoms with Crippen LogP contribution >= 0.6 is 15.9 Å². The second kappa shape index (κ2) is 4.59. The first-order chi connectivity index (χ1) is 6.61. The molecule has 5 heteroatoms. The van der Waals surface area contributed by atoms with E-state index in [1.807, 2.05) is 7.05 Å². The molecule has 0 fully saturated rings. The number of esters is 1. The summed E-state index contributed by atoms with van der Waals surface area (Å²) in [6.07, 6.45) is 1.90.